The molecule has 1 saturated carbocycles. The third-order valence-electron chi connectivity index (χ3n) is 4.40. The average Bonchev–Trinajstić information content (AvgIpc) is 2.44. The molecule has 94 valence electrons. The summed E-state index contributed by atoms with van der Waals surface area (Å²) in [4.78, 5) is 2.41. The van der Waals surface area contributed by atoms with Crippen LogP contribution in [-0.2, 0) is 4.74 Å². The van der Waals surface area contributed by atoms with Gasteiger partial charge in [0.2, 0.25) is 0 Å². The molecule has 3 nitrogen and oxygen atoms in total. The van der Waals surface area contributed by atoms with Gasteiger partial charge in [0, 0.05) is 31.3 Å². The van der Waals surface area contributed by atoms with Crippen molar-refractivity contribution in [3.05, 3.63) is 0 Å². The van der Waals surface area contributed by atoms with Crippen LogP contribution in [-0.4, -0.2) is 50.3 Å². The van der Waals surface area contributed by atoms with E-state index in [1.165, 1.54) is 38.5 Å². The highest BCUT2D eigenvalue weighted by Gasteiger charge is 2.38. The highest BCUT2D eigenvalue weighted by Crippen LogP contribution is 2.35. The first kappa shape index (κ1) is 12.3. The van der Waals surface area contributed by atoms with Gasteiger partial charge in [-0.3, -0.25) is 0 Å². The fraction of sp³-hybridized carbons (Fsp3) is 1.00. The van der Waals surface area contributed by atoms with Crippen molar-refractivity contribution in [2.75, 3.05) is 33.9 Å². The van der Waals surface area contributed by atoms with Crippen molar-refractivity contribution >= 4 is 0 Å². The van der Waals surface area contributed by atoms with Crippen LogP contribution < -0.4 is 5.32 Å². The molecule has 0 radical (unpaired) electrons. The predicted octanol–water partition coefficient (Wildman–Crippen LogP) is 1.63. The van der Waals surface area contributed by atoms with E-state index in [-0.39, 0.29) is 0 Å². The van der Waals surface area contributed by atoms with Crippen LogP contribution in [0.15, 0.2) is 0 Å². The predicted molar refractivity (Wildman–Crippen MR) is 66.7 cm³/mol. The molecule has 0 aromatic carbocycles. The lowest BCUT2D eigenvalue weighted by Crippen LogP contribution is -2.57. The molecule has 0 amide bonds. The van der Waals surface area contributed by atoms with Crippen LogP contribution in [0.25, 0.3) is 0 Å². The van der Waals surface area contributed by atoms with E-state index < -0.39 is 0 Å². The molecular formula is C13H26N2O. The van der Waals surface area contributed by atoms with Crippen molar-refractivity contribution in [2.24, 2.45) is 0 Å². The molecular weight excluding hydrogens is 200 g/mol. The van der Waals surface area contributed by atoms with E-state index in [0.717, 1.165) is 19.8 Å². The number of hydrogen-bond donors (Lipinski definition) is 1. The normalized spacial score (nSPS) is 29.8. The number of hydrogen-bond acceptors (Lipinski definition) is 3. The largest absolute Gasteiger partial charge is 0.381 e. The van der Waals surface area contributed by atoms with Gasteiger partial charge in [-0.25, -0.2) is 0 Å². The Hall–Kier alpha value is -0.120. The Balaban J connectivity index is 1.76. The summed E-state index contributed by atoms with van der Waals surface area (Å²) in [6, 6.07) is 0.680. The Kier molecular flexibility index (Phi) is 4.22. The van der Waals surface area contributed by atoms with Crippen molar-refractivity contribution in [2.45, 2.75) is 50.1 Å². The smallest absolute Gasteiger partial charge is 0.0480 e. The highest BCUT2D eigenvalue weighted by molar-refractivity contribution is 4.98. The second-order valence-corrected chi connectivity index (χ2v) is 5.59. The van der Waals surface area contributed by atoms with E-state index in [4.69, 9.17) is 4.74 Å². The Bertz CT molecular complexity index is 206. The first-order chi connectivity index (χ1) is 7.73. The fourth-order valence-corrected chi connectivity index (χ4v) is 2.81. The van der Waals surface area contributed by atoms with Gasteiger partial charge in [0.1, 0.15) is 0 Å². The van der Waals surface area contributed by atoms with E-state index in [9.17, 15) is 0 Å². The van der Waals surface area contributed by atoms with Crippen LogP contribution in [0.2, 0.25) is 0 Å². The molecule has 1 unspecified atom stereocenters. The molecule has 1 heterocycles. The van der Waals surface area contributed by atoms with Gasteiger partial charge in [-0.05, 0) is 52.6 Å². The maximum atomic E-state index is 5.49. The van der Waals surface area contributed by atoms with Crippen molar-refractivity contribution in [1.82, 2.24) is 10.2 Å². The second-order valence-electron chi connectivity index (χ2n) is 5.59. The lowest BCUT2D eigenvalue weighted by molar-refractivity contribution is 0.0561. The SMILES string of the molecule is CN(C)C1(CNC2CCCOCC2)CCC1. The summed E-state index contributed by atoms with van der Waals surface area (Å²) in [5.74, 6) is 0. The summed E-state index contributed by atoms with van der Waals surface area (Å²) in [7, 11) is 4.44. The minimum atomic E-state index is 0.452. The molecule has 1 aliphatic carbocycles. The quantitative estimate of drug-likeness (QED) is 0.788. The molecule has 1 N–H and O–H groups in total. The summed E-state index contributed by atoms with van der Waals surface area (Å²) >= 11 is 0. The summed E-state index contributed by atoms with van der Waals surface area (Å²) in [6.07, 6.45) is 7.79. The number of rotatable bonds is 4. The van der Waals surface area contributed by atoms with Crippen molar-refractivity contribution in [3.8, 4) is 0 Å². The van der Waals surface area contributed by atoms with E-state index in [0.29, 0.717) is 11.6 Å². The second kappa shape index (κ2) is 5.48. The minimum Gasteiger partial charge on any atom is -0.381 e. The van der Waals surface area contributed by atoms with Crippen molar-refractivity contribution in [3.63, 3.8) is 0 Å². The Morgan fingerprint density at radius 3 is 2.62 bits per heavy atom. The fourth-order valence-electron chi connectivity index (χ4n) is 2.81. The number of nitrogens with zero attached hydrogens (tertiary/aromatic N) is 1. The first-order valence-electron chi connectivity index (χ1n) is 6.71. The minimum absolute atomic E-state index is 0.452. The standard InChI is InChI=1S/C13H26N2O/c1-15(2)13(7-4-8-13)11-14-12-5-3-9-16-10-6-12/h12,14H,3-11H2,1-2H3. The third kappa shape index (κ3) is 2.76. The number of nitrogens with one attached hydrogen (secondary N) is 1. The lowest BCUT2D eigenvalue weighted by Gasteiger charge is -2.48. The zero-order chi connectivity index (χ0) is 11.4. The molecule has 2 fully saturated rings. The Labute approximate surface area is 99.5 Å². The average molecular weight is 226 g/mol. The lowest BCUT2D eigenvalue weighted by atomic mass is 9.75. The van der Waals surface area contributed by atoms with Crippen LogP contribution in [0.3, 0.4) is 0 Å². The molecule has 1 aliphatic heterocycles. The zero-order valence-electron chi connectivity index (χ0n) is 10.8. The van der Waals surface area contributed by atoms with E-state index in [1.807, 2.05) is 0 Å². The molecule has 3 heteroatoms. The molecule has 16 heavy (non-hydrogen) atoms. The highest BCUT2D eigenvalue weighted by atomic mass is 16.5. The molecule has 1 saturated heterocycles. The summed E-state index contributed by atoms with van der Waals surface area (Å²) in [5, 5.41) is 3.76. The Morgan fingerprint density at radius 1 is 1.19 bits per heavy atom. The number of ether oxygens (including phenoxy) is 1. The maximum Gasteiger partial charge on any atom is 0.0480 e. The van der Waals surface area contributed by atoms with Gasteiger partial charge in [0.15, 0.2) is 0 Å². The van der Waals surface area contributed by atoms with Gasteiger partial charge >= 0.3 is 0 Å². The molecule has 0 aromatic rings. The van der Waals surface area contributed by atoms with Crippen LogP contribution in [0.4, 0.5) is 0 Å². The monoisotopic (exact) mass is 226 g/mol. The van der Waals surface area contributed by atoms with Gasteiger partial charge in [-0.1, -0.05) is 0 Å². The van der Waals surface area contributed by atoms with E-state index in [1.54, 1.807) is 0 Å². The van der Waals surface area contributed by atoms with Gasteiger partial charge in [-0.2, -0.15) is 0 Å². The number of likely N-dealkylation sites (N-methyl/N-ethyl adjacent to an activating group) is 1. The summed E-state index contributed by atoms with van der Waals surface area (Å²) in [5.41, 5.74) is 0.452. The molecule has 0 bridgehead atoms. The first-order valence-corrected chi connectivity index (χ1v) is 6.71. The zero-order valence-corrected chi connectivity index (χ0v) is 10.8. The summed E-state index contributed by atoms with van der Waals surface area (Å²) in [6.45, 7) is 3.05. The third-order valence-corrected chi connectivity index (χ3v) is 4.40. The molecule has 0 aromatic heterocycles. The molecule has 0 spiro atoms. The van der Waals surface area contributed by atoms with E-state index >= 15 is 0 Å². The summed E-state index contributed by atoms with van der Waals surface area (Å²) < 4.78 is 5.49. The topological polar surface area (TPSA) is 24.5 Å². The van der Waals surface area contributed by atoms with Crippen molar-refractivity contribution < 1.29 is 4.74 Å². The molecule has 1 atom stereocenters. The van der Waals surface area contributed by atoms with Crippen LogP contribution in [0.1, 0.15) is 38.5 Å². The molecule has 2 rings (SSSR count). The molecule has 2 aliphatic rings. The van der Waals surface area contributed by atoms with Gasteiger partial charge in [0.25, 0.3) is 0 Å². The maximum absolute atomic E-state index is 5.49. The van der Waals surface area contributed by atoms with Gasteiger partial charge in [0.05, 0.1) is 0 Å². The van der Waals surface area contributed by atoms with Crippen LogP contribution >= 0.6 is 0 Å². The van der Waals surface area contributed by atoms with Crippen LogP contribution in [0, 0.1) is 0 Å². The van der Waals surface area contributed by atoms with E-state index in [2.05, 4.69) is 24.3 Å². The van der Waals surface area contributed by atoms with Crippen molar-refractivity contribution in [1.29, 1.82) is 0 Å². The van der Waals surface area contributed by atoms with Crippen LogP contribution in [0.5, 0.6) is 0 Å². The van der Waals surface area contributed by atoms with Gasteiger partial charge < -0.3 is 15.0 Å². The Morgan fingerprint density at radius 2 is 2.00 bits per heavy atom. The van der Waals surface area contributed by atoms with Gasteiger partial charge in [-0.15, -0.1) is 0 Å².